The number of nitrogens with two attached hydrogens (primary N) is 1. The Morgan fingerprint density at radius 1 is 1.12 bits per heavy atom. The number of aromatic nitrogens is 2. The largest absolute Gasteiger partial charge is 0.375 e. The summed E-state index contributed by atoms with van der Waals surface area (Å²) in [5.74, 6) is -1.37. The van der Waals surface area contributed by atoms with Crippen LogP contribution >= 0.6 is 11.3 Å². The van der Waals surface area contributed by atoms with E-state index in [1.54, 1.807) is 16.8 Å². The standard InChI is InChI=1S/C17H15F2N3OS/c1-9(2)22-8-10(3-4-14(22)23)16-15(21-17(20)24-16)11-5-12(18)7-13(19)6-11/h3-9H,1-2H3,(H2,20,21). The monoisotopic (exact) mass is 347 g/mol. The van der Waals surface area contributed by atoms with Gasteiger partial charge in [0.05, 0.1) is 10.6 Å². The molecule has 0 bridgehead atoms. The molecule has 0 saturated heterocycles. The van der Waals surface area contributed by atoms with Gasteiger partial charge in [-0.15, -0.1) is 0 Å². The van der Waals surface area contributed by atoms with E-state index in [-0.39, 0.29) is 16.7 Å². The minimum absolute atomic E-state index is 0.0159. The van der Waals surface area contributed by atoms with E-state index in [1.165, 1.54) is 29.5 Å². The summed E-state index contributed by atoms with van der Waals surface area (Å²) >= 11 is 1.21. The molecule has 0 atom stereocenters. The number of pyridine rings is 1. The number of halogens is 2. The van der Waals surface area contributed by atoms with Crippen LogP contribution in [0.1, 0.15) is 19.9 Å². The van der Waals surface area contributed by atoms with Crippen LogP contribution < -0.4 is 11.3 Å². The number of rotatable bonds is 3. The molecule has 0 aliphatic rings. The molecule has 0 aliphatic carbocycles. The van der Waals surface area contributed by atoms with Crippen molar-refractivity contribution >= 4 is 16.5 Å². The van der Waals surface area contributed by atoms with Gasteiger partial charge in [0.2, 0.25) is 0 Å². The maximum atomic E-state index is 13.5. The third kappa shape index (κ3) is 3.07. The Morgan fingerprint density at radius 3 is 2.42 bits per heavy atom. The Morgan fingerprint density at radius 2 is 1.79 bits per heavy atom. The minimum Gasteiger partial charge on any atom is -0.375 e. The fourth-order valence-corrected chi connectivity index (χ4v) is 3.30. The SMILES string of the molecule is CC(C)n1cc(-c2sc(N)nc2-c2cc(F)cc(F)c2)ccc1=O. The van der Waals surface area contributed by atoms with Crippen LogP contribution in [0, 0.1) is 11.6 Å². The first kappa shape index (κ1) is 16.3. The molecule has 0 radical (unpaired) electrons. The normalized spacial score (nSPS) is 11.2. The highest BCUT2D eigenvalue weighted by molar-refractivity contribution is 7.19. The maximum absolute atomic E-state index is 13.5. The summed E-state index contributed by atoms with van der Waals surface area (Å²) in [4.78, 5) is 16.8. The van der Waals surface area contributed by atoms with Gasteiger partial charge >= 0.3 is 0 Å². The van der Waals surface area contributed by atoms with E-state index in [2.05, 4.69) is 4.98 Å². The van der Waals surface area contributed by atoms with Gasteiger partial charge in [0.1, 0.15) is 11.6 Å². The van der Waals surface area contributed by atoms with Crippen molar-refractivity contribution in [2.24, 2.45) is 0 Å². The highest BCUT2D eigenvalue weighted by atomic mass is 32.1. The summed E-state index contributed by atoms with van der Waals surface area (Å²) in [7, 11) is 0. The van der Waals surface area contributed by atoms with Crippen LogP contribution in [0.5, 0.6) is 0 Å². The van der Waals surface area contributed by atoms with Crippen LogP contribution in [-0.4, -0.2) is 9.55 Å². The van der Waals surface area contributed by atoms with Crippen molar-refractivity contribution in [2.45, 2.75) is 19.9 Å². The molecule has 4 nitrogen and oxygen atoms in total. The molecular formula is C17H15F2N3OS. The molecule has 0 aliphatic heterocycles. The lowest BCUT2D eigenvalue weighted by Gasteiger charge is -2.11. The topological polar surface area (TPSA) is 60.9 Å². The van der Waals surface area contributed by atoms with Crippen LogP contribution in [0.15, 0.2) is 41.3 Å². The summed E-state index contributed by atoms with van der Waals surface area (Å²) in [5, 5.41) is 0.284. The minimum atomic E-state index is -0.685. The Bertz CT molecular complexity index is 942. The van der Waals surface area contributed by atoms with Gasteiger partial charge in [0, 0.05) is 35.5 Å². The second kappa shape index (κ2) is 6.16. The van der Waals surface area contributed by atoms with Crippen molar-refractivity contribution in [3.05, 3.63) is 58.5 Å². The van der Waals surface area contributed by atoms with Crippen molar-refractivity contribution in [3.8, 4) is 21.7 Å². The van der Waals surface area contributed by atoms with Gasteiger partial charge in [0.15, 0.2) is 5.13 Å². The van der Waals surface area contributed by atoms with Crippen LogP contribution in [-0.2, 0) is 0 Å². The van der Waals surface area contributed by atoms with E-state index in [0.29, 0.717) is 16.1 Å². The van der Waals surface area contributed by atoms with E-state index in [1.807, 2.05) is 13.8 Å². The first-order chi connectivity index (χ1) is 11.3. The first-order valence-electron chi connectivity index (χ1n) is 7.30. The third-order valence-corrected chi connectivity index (χ3v) is 4.47. The molecule has 0 fully saturated rings. The quantitative estimate of drug-likeness (QED) is 0.776. The summed E-state index contributed by atoms with van der Waals surface area (Å²) in [6.07, 6.45) is 1.71. The van der Waals surface area contributed by atoms with Gasteiger partial charge in [-0.3, -0.25) is 4.79 Å². The van der Waals surface area contributed by atoms with Crippen molar-refractivity contribution in [1.29, 1.82) is 0 Å². The zero-order chi connectivity index (χ0) is 17.4. The van der Waals surface area contributed by atoms with Gasteiger partial charge in [-0.05, 0) is 32.0 Å². The molecule has 3 aromatic rings. The average Bonchev–Trinajstić information content (AvgIpc) is 2.88. The fraction of sp³-hybridized carbons (Fsp3) is 0.176. The van der Waals surface area contributed by atoms with Crippen LogP contribution in [0.3, 0.4) is 0 Å². The molecule has 0 saturated carbocycles. The van der Waals surface area contributed by atoms with Gasteiger partial charge < -0.3 is 10.3 Å². The van der Waals surface area contributed by atoms with Gasteiger partial charge in [-0.2, -0.15) is 0 Å². The van der Waals surface area contributed by atoms with E-state index in [9.17, 15) is 13.6 Å². The second-order valence-corrected chi connectivity index (χ2v) is 6.68. The average molecular weight is 347 g/mol. The molecule has 24 heavy (non-hydrogen) atoms. The number of hydrogen-bond donors (Lipinski definition) is 1. The summed E-state index contributed by atoms with van der Waals surface area (Å²) in [6, 6.07) is 6.32. The zero-order valence-corrected chi connectivity index (χ0v) is 13.9. The Balaban J connectivity index is 2.20. The Hall–Kier alpha value is -2.54. The molecule has 2 aromatic heterocycles. The maximum Gasteiger partial charge on any atom is 0.250 e. The van der Waals surface area contributed by atoms with Crippen LogP contribution in [0.2, 0.25) is 0 Å². The molecule has 0 amide bonds. The van der Waals surface area contributed by atoms with Gasteiger partial charge in [-0.25, -0.2) is 13.8 Å². The van der Waals surface area contributed by atoms with Crippen LogP contribution in [0.25, 0.3) is 21.7 Å². The fourth-order valence-electron chi connectivity index (χ4n) is 2.46. The lowest BCUT2D eigenvalue weighted by molar-refractivity contribution is 0.579. The number of nitrogens with zero attached hydrogens (tertiary/aromatic N) is 2. The van der Waals surface area contributed by atoms with Crippen molar-refractivity contribution < 1.29 is 8.78 Å². The molecule has 0 unspecified atom stereocenters. The number of hydrogen-bond acceptors (Lipinski definition) is 4. The molecule has 3 rings (SSSR count). The van der Waals surface area contributed by atoms with Gasteiger partial charge in [0.25, 0.3) is 5.56 Å². The summed E-state index contributed by atoms with van der Waals surface area (Å²) in [6.45, 7) is 3.80. The Kier molecular flexibility index (Phi) is 4.19. The third-order valence-electron chi connectivity index (χ3n) is 3.54. The molecule has 124 valence electrons. The molecule has 0 spiro atoms. The van der Waals surface area contributed by atoms with E-state index >= 15 is 0 Å². The number of nitrogen functional groups attached to an aromatic ring is 1. The predicted molar refractivity (Wildman–Crippen MR) is 92.0 cm³/mol. The molecule has 7 heteroatoms. The molecule has 1 aromatic carbocycles. The number of anilines is 1. The smallest absolute Gasteiger partial charge is 0.250 e. The molecular weight excluding hydrogens is 332 g/mol. The van der Waals surface area contributed by atoms with Crippen molar-refractivity contribution in [2.75, 3.05) is 5.73 Å². The van der Waals surface area contributed by atoms with E-state index in [4.69, 9.17) is 5.73 Å². The summed E-state index contributed by atoms with van der Waals surface area (Å²) in [5.41, 5.74) is 7.11. The molecule has 2 heterocycles. The van der Waals surface area contributed by atoms with E-state index in [0.717, 1.165) is 11.6 Å². The second-order valence-electron chi connectivity index (χ2n) is 5.64. The lowest BCUT2D eigenvalue weighted by Crippen LogP contribution is -2.20. The highest BCUT2D eigenvalue weighted by Gasteiger charge is 2.16. The highest BCUT2D eigenvalue weighted by Crippen LogP contribution is 2.38. The number of thiazole rings is 1. The first-order valence-corrected chi connectivity index (χ1v) is 8.12. The predicted octanol–water partition coefficient (Wildman–Crippen LogP) is 4.08. The van der Waals surface area contributed by atoms with Crippen molar-refractivity contribution in [1.82, 2.24) is 9.55 Å². The van der Waals surface area contributed by atoms with Crippen molar-refractivity contribution in [3.63, 3.8) is 0 Å². The van der Waals surface area contributed by atoms with Gasteiger partial charge in [-0.1, -0.05) is 11.3 Å². The lowest BCUT2D eigenvalue weighted by atomic mass is 10.1. The zero-order valence-electron chi connectivity index (χ0n) is 13.1. The Labute approximate surface area is 141 Å². The summed E-state index contributed by atoms with van der Waals surface area (Å²) < 4.78 is 28.7. The van der Waals surface area contributed by atoms with Crippen LogP contribution in [0.4, 0.5) is 13.9 Å². The number of benzene rings is 1. The molecule has 2 N–H and O–H groups in total. The van der Waals surface area contributed by atoms with E-state index < -0.39 is 11.6 Å².